The molecule has 198 valence electrons. The van der Waals surface area contributed by atoms with E-state index in [9.17, 15) is 27.2 Å². The molecular formula is C25H27F4N5O3. The van der Waals surface area contributed by atoms with Crippen LogP contribution in [0.5, 0.6) is 0 Å². The Hall–Kier alpha value is -3.54. The van der Waals surface area contributed by atoms with Gasteiger partial charge in [-0.1, -0.05) is 0 Å². The second kappa shape index (κ2) is 9.73. The van der Waals surface area contributed by atoms with Crippen LogP contribution in [-0.4, -0.2) is 50.6 Å². The number of amides is 1. The number of hydrogen-bond donors (Lipinski definition) is 1. The van der Waals surface area contributed by atoms with Crippen molar-refractivity contribution in [3.8, 4) is 0 Å². The van der Waals surface area contributed by atoms with Gasteiger partial charge >= 0.3 is 6.18 Å². The third kappa shape index (κ3) is 5.29. The molecule has 1 aromatic carbocycles. The van der Waals surface area contributed by atoms with Gasteiger partial charge in [0.1, 0.15) is 11.6 Å². The van der Waals surface area contributed by atoms with Gasteiger partial charge in [-0.15, -0.1) is 0 Å². The number of rotatable bonds is 4. The lowest BCUT2D eigenvalue weighted by Crippen LogP contribution is -2.48. The van der Waals surface area contributed by atoms with Crippen molar-refractivity contribution in [2.75, 3.05) is 18.4 Å². The van der Waals surface area contributed by atoms with E-state index in [-0.39, 0.29) is 51.8 Å². The summed E-state index contributed by atoms with van der Waals surface area (Å²) in [5.41, 5.74) is -2.40. The number of aryl methyl sites for hydroxylation is 1. The average Bonchev–Trinajstić information content (AvgIpc) is 2.81. The Balaban J connectivity index is 1.65. The van der Waals surface area contributed by atoms with Gasteiger partial charge in [-0.3, -0.25) is 14.2 Å². The largest absolute Gasteiger partial charge is 0.433 e. The Bertz CT molecular complexity index is 1410. The number of fused-ring (bicyclic) bond motifs is 1. The minimum absolute atomic E-state index is 0.0832. The third-order valence-electron chi connectivity index (χ3n) is 6.35. The van der Waals surface area contributed by atoms with Crippen LogP contribution in [0.1, 0.15) is 54.3 Å². The van der Waals surface area contributed by atoms with E-state index in [1.807, 2.05) is 13.8 Å². The number of pyridine rings is 1. The molecule has 1 amide bonds. The first-order valence-corrected chi connectivity index (χ1v) is 11.7. The predicted octanol–water partition coefficient (Wildman–Crippen LogP) is 4.22. The van der Waals surface area contributed by atoms with E-state index in [1.54, 1.807) is 4.90 Å². The Morgan fingerprint density at radius 3 is 2.41 bits per heavy atom. The van der Waals surface area contributed by atoms with Crippen molar-refractivity contribution in [3.63, 3.8) is 0 Å². The Labute approximate surface area is 210 Å². The summed E-state index contributed by atoms with van der Waals surface area (Å²) in [6.07, 6.45) is -5.15. The van der Waals surface area contributed by atoms with Crippen LogP contribution in [0.15, 0.2) is 29.1 Å². The zero-order chi connectivity index (χ0) is 27.2. The van der Waals surface area contributed by atoms with Crippen molar-refractivity contribution in [1.82, 2.24) is 19.4 Å². The van der Waals surface area contributed by atoms with E-state index in [2.05, 4.69) is 15.3 Å². The van der Waals surface area contributed by atoms with Crippen LogP contribution < -0.4 is 10.9 Å². The van der Waals surface area contributed by atoms with Crippen LogP contribution in [0.3, 0.4) is 0 Å². The molecule has 12 heteroatoms. The molecule has 1 fully saturated rings. The molecule has 0 bridgehead atoms. The fourth-order valence-electron chi connectivity index (χ4n) is 4.48. The highest BCUT2D eigenvalue weighted by atomic mass is 19.4. The van der Waals surface area contributed by atoms with Gasteiger partial charge in [-0.2, -0.15) is 13.2 Å². The molecule has 0 aliphatic carbocycles. The number of alkyl halides is 3. The van der Waals surface area contributed by atoms with E-state index in [1.165, 1.54) is 37.6 Å². The summed E-state index contributed by atoms with van der Waals surface area (Å²) in [7, 11) is 1.46. The van der Waals surface area contributed by atoms with Crippen molar-refractivity contribution in [2.45, 2.75) is 52.1 Å². The van der Waals surface area contributed by atoms with E-state index in [0.29, 0.717) is 13.1 Å². The Kier molecular flexibility index (Phi) is 6.97. The molecule has 3 unspecified atom stereocenters. The van der Waals surface area contributed by atoms with E-state index in [0.717, 1.165) is 12.1 Å². The summed E-state index contributed by atoms with van der Waals surface area (Å²) in [6.45, 7) is 7.31. The van der Waals surface area contributed by atoms with Gasteiger partial charge < -0.3 is 15.0 Å². The fraction of sp³-hybridized carbons (Fsp3) is 0.440. The lowest BCUT2D eigenvalue weighted by molar-refractivity contribution is -0.141. The molecule has 0 spiro atoms. The van der Waals surface area contributed by atoms with Crippen LogP contribution in [0.25, 0.3) is 11.0 Å². The number of halogens is 4. The second-order valence-electron chi connectivity index (χ2n) is 9.35. The van der Waals surface area contributed by atoms with Gasteiger partial charge in [-0.25, -0.2) is 14.4 Å². The number of ether oxygens (including phenoxy) is 1. The van der Waals surface area contributed by atoms with Gasteiger partial charge in [0, 0.05) is 31.3 Å². The summed E-state index contributed by atoms with van der Waals surface area (Å²) in [4.78, 5) is 34.8. The number of nitrogens with one attached hydrogen (secondary N) is 1. The molecule has 0 saturated carbocycles. The molecule has 1 aliphatic heterocycles. The summed E-state index contributed by atoms with van der Waals surface area (Å²) in [6, 6.07) is 3.77. The van der Waals surface area contributed by atoms with Crippen LogP contribution in [0.2, 0.25) is 0 Å². The van der Waals surface area contributed by atoms with Gasteiger partial charge in [-0.05, 0) is 52.0 Å². The first kappa shape index (κ1) is 26.5. The molecular weight excluding hydrogens is 494 g/mol. The van der Waals surface area contributed by atoms with Crippen molar-refractivity contribution in [1.29, 1.82) is 0 Å². The second-order valence-corrected chi connectivity index (χ2v) is 9.35. The molecule has 3 atom stereocenters. The monoisotopic (exact) mass is 521 g/mol. The van der Waals surface area contributed by atoms with Gasteiger partial charge in [0.2, 0.25) is 0 Å². The minimum Gasteiger partial charge on any atom is -0.376 e. The van der Waals surface area contributed by atoms with Crippen molar-refractivity contribution >= 4 is 22.6 Å². The quantitative estimate of drug-likeness (QED) is 0.518. The number of carbonyl (C=O) groups is 1. The van der Waals surface area contributed by atoms with Crippen molar-refractivity contribution < 1.29 is 27.1 Å². The van der Waals surface area contributed by atoms with Crippen molar-refractivity contribution in [2.24, 2.45) is 7.05 Å². The number of morpholine rings is 1. The van der Waals surface area contributed by atoms with Crippen LogP contribution in [0, 0.1) is 12.7 Å². The molecule has 1 saturated heterocycles. The number of nitrogens with zero attached hydrogens (tertiary/aromatic N) is 4. The Morgan fingerprint density at radius 2 is 1.81 bits per heavy atom. The van der Waals surface area contributed by atoms with Gasteiger partial charge in [0.05, 0.1) is 29.3 Å². The summed E-state index contributed by atoms with van der Waals surface area (Å²) in [5, 5.41) is 2.64. The molecule has 1 N–H and O–H groups in total. The van der Waals surface area contributed by atoms with Crippen LogP contribution in [0.4, 0.5) is 23.2 Å². The molecule has 0 radical (unpaired) electrons. The van der Waals surface area contributed by atoms with Crippen LogP contribution in [-0.2, 0) is 18.0 Å². The topological polar surface area (TPSA) is 89.4 Å². The Morgan fingerprint density at radius 1 is 1.16 bits per heavy atom. The molecule has 3 aromatic rings. The number of anilines is 1. The maximum Gasteiger partial charge on any atom is 0.433 e. The van der Waals surface area contributed by atoms with Gasteiger partial charge in [0.25, 0.3) is 11.5 Å². The number of carbonyl (C=O) groups excluding carboxylic acids is 1. The molecule has 4 rings (SSSR count). The molecule has 37 heavy (non-hydrogen) atoms. The normalized spacial score (nSPS) is 19.2. The standard InChI is InChI=1S/C25H27F4N5O3/c1-12-10-34(11-13(2)37-12)23(35)16-6-7-20(19(26)8-16)30-14(3)17-9-18-22(32-21(17)25(27,28)29)31-15(4)33(5)24(18)36/h6-9,12-14,30H,10-11H2,1-5H3. The maximum atomic E-state index is 15.0. The summed E-state index contributed by atoms with van der Waals surface area (Å²) >= 11 is 0. The lowest BCUT2D eigenvalue weighted by atomic mass is 10.0. The number of aromatic nitrogens is 3. The van der Waals surface area contributed by atoms with E-state index in [4.69, 9.17) is 4.74 Å². The summed E-state index contributed by atoms with van der Waals surface area (Å²) in [5.74, 6) is -0.949. The average molecular weight is 522 g/mol. The first-order valence-electron chi connectivity index (χ1n) is 11.7. The SMILES string of the molecule is Cc1nc2nc(C(F)(F)F)c(C(C)Nc3ccc(C(=O)N4CC(C)OC(C)C4)cc3F)cc2c(=O)n1C. The number of benzene rings is 1. The highest BCUT2D eigenvalue weighted by Gasteiger charge is 2.38. The predicted molar refractivity (Wildman–Crippen MR) is 129 cm³/mol. The zero-order valence-electron chi connectivity index (χ0n) is 21.0. The smallest absolute Gasteiger partial charge is 0.376 e. The highest BCUT2D eigenvalue weighted by molar-refractivity contribution is 5.94. The highest BCUT2D eigenvalue weighted by Crippen LogP contribution is 2.35. The molecule has 8 nitrogen and oxygen atoms in total. The summed E-state index contributed by atoms with van der Waals surface area (Å²) < 4.78 is 63.5. The fourth-order valence-corrected chi connectivity index (χ4v) is 4.48. The zero-order valence-corrected chi connectivity index (χ0v) is 21.0. The third-order valence-corrected chi connectivity index (χ3v) is 6.35. The number of hydrogen-bond acceptors (Lipinski definition) is 6. The van der Waals surface area contributed by atoms with E-state index < -0.39 is 29.3 Å². The van der Waals surface area contributed by atoms with Crippen LogP contribution >= 0.6 is 0 Å². The van der Waals surface area contributed by atoms with Crippen molar-refractivity contribution in [3.05, 3.63) is 63.1 Å². The maximum absolute atomic E-state index is 15.0. The molecule has 3 heterocycles. The molecule has 2 aromatic heterocycles. The van der Waals surface area contributed by atoms with Gasteiger partial charge in [0.15, 0.2) is 11.3 Å². The van der Waals surface area contributed by atoms with E-state index >= 15 is 0 Å². The molecule has 1 aliphatic rings. The first-order chi connectivity index (χ1) is 17.3. The lowest BCUT2D eigenvalue weighted by Gasteiger charge is -2.35. The minimum atomic E-state index is -4.84.